The van der Waals surface area contributed by atoms with Crippen LogP contribution in [0.1, 0.15) is 5.56 Å². The van der Waals surface area contributed by atoms with Crippen molar-refractivity contribution in [1.82, 2.24) is 9.38 Å². The first-order chi connectivity index (χ1) is 12.2. The van der Waals surface area contributed by atoms with Gasteiger partial charge < -0.3 is 14.9 Å². The van der Waals surface area contributed by atoms with E-state index in [0.717, 1.165) is 38.4 Å². The fraction of sp³-hybridized carbons (Fsp3) is 0.0500. The number of imidazole rings is 1. The third kappa shape index (κ3) is 3.37. The molecular formula is C20H16BrN3O. The second-order valence-electron chi connectivity index (χ2n) is 5.77. The average Bonchev–Trinajstić information content (AvgIpc) is 3.06. The predicted molar refractivity (Wildman–Crippen MR) is 104 cm³/mol. The fourth-order valence-electron chi connectivity index (χ4n) is 2.63. The lowest BCUT2D eigenvalue weighted by Crippen LogP contribution is -1.97. The molecule has 0 amide bonds. The summed E-state index contributed by atoms with van der Waals surface area (Å²) in [5, 5.41) is 0. The zero-order chi connectivity index (χ0) is 17.2. The number of rotatable bonds is 4. The molecule has 25 heavy (non-hydrogen) atoms. The van der Waals surface area contributed by atoms with Crippen molar-refractivity contribution in [3.63, 3.8) is 0 Å². The van der Waals surface area contributed by atoms with Crippen LogP contribution in [0.4, 0.5) is 5.69 Å². The monoisotopic (exact) mass is 393 g/mol. The molecule has 0 saturated heterocycles. The van der Waals surface area contributed by atoms with Crippen LogP contribution in [0, 0.1) is 0 Å². The molecule has 0 fully saturated rings. The number of anilines is 1. The molecule has 2 heterocycles. The Bertz CT molecular complexity index is 1010. The largest absolute Gasteiger partial charge is 0.485 e. The molecule has 4 rings (SSSR count). The highest BCUT2D eigenvalue weighted by Crippen LogP contribution is 2.25. The number of fused-ring (bicyclic) bond motifs is 1. The number of aromatic nitrogens is 2. The van der Waals surface area contributed by atoms with Crippen LogP contribution < -0.4 is 10.5 Å². The van der Waals surface area contributed by atoms with Crippen LogP contribution in [0.2, 0.25) is 0 Å². The lowest BCUT2D eigenvalue weighted by atomic mass is 10.1. The number of halogens is 1. The van der Waals surface area contributed by atoms with Gasteiger partial charge >= 0.3 is 0 Å². The van der Waals surface area contributed by atoms with Gasteiger partial charge in [0.2, 0.25) is 0 Å². The van der Waals surface area contributed by atoms with E-state index in [2.05, 4.69) is 15.9 Å². The van der Waals surface area contributed by atoms with Crippen LogP contribution in [-0.4, -0.2) is 9.38 Å². The van der Waals surface area contributed by atoms with E-state index in [1.807, 2.05) is 77.5 Å². The number of ether oxygens (including phenoxy) is 1. The van der Waals surface area contributed by atoms with Gasteiger partial charge in [-0.15, -0.1) is 0 Å². The third-order valence-electron chi connectivity index (χ3n) is 3.96. The van der Waals surface area contributed by atoms with Gasteiger partial charge in [-0.3, -0.25) is 0 Å². The highest BCUT2D eigenvalue weighted by Gasteiger charge is 2.09. The Morgan fingerprint density at radius 1 is 1.00 bits per heavy atom. The fourth-order valence-corrected chi connectivity index (χ4v) is 2.90. The number of nitrogens with zero attached hydrogens (tertiary/aromatic N) is 2. The van der Waals surface area contributed by atoms with E-state index in [4.69, 9.17) is 15.5 Å². The molecule has 2 aromatic carbocycles. The summed E-state index contributed by atoms with van der Waals surface area (Å²) in [5.41, 5.74) is 10.3. The van der Waals surface area contributed by atoms with Gasteiger partial charge in [-0.1, -0.05) is 40.2 Å². The first-order valence-corrected chi connectivity index (χ1v) is 8.69. The highest BCUT2D eigenvalue weighted by molar-refractivity contribution is 9.10. The van der Waals surface area contributed by atoms with E-state index in [-0.39, 0.29) is 0 Å². The third-order valence-corrected chi connectivity index (χ3v) is 4.49. The SMILES string of the molecule is Nc1ccc(-c2cn3cccc(OCc4ccc(Br)cc4)c3n2)cc1. The predicted octanol–water partition coefficient (Wildman–Crippen LogP) is 4.93. The Kier molecular flexibility index (Phi) is 4.15. The molecule has 0 aliphatic rings. The Labute approximate surface area is 154 Å². The van der Waals surface area contributed by atoms with Gasteiger partial charge in [0.15, 0.2) is 11.4 Å². The van der Waals surface area contributed by atoms with Gasteiger partial charge in [0, 0.05) is 28.1 Å². The zero-order valence-corrected chi connectivity index (χ0v) is 15.0. The summed E-state index contributed by atoms with van der Waals surface area (Å²) in [4.78, 5) is 4.73. The van der Waals surface area contributed by atoms with Crippen molar-refractivity contribution in [2.45, 2.75) is 6.61 Å². The van der Waals surface area contributed by atoms with Gasteiger partial charge in [0.1, 0.15) is 6.61 Å². The molecule has 2 aromatic heterocycles. The maximum absolute atomic E-state index is 5.99. The number of nitrogens with two attached hydrogens (primary N) is 1. The summed E-state index contributed by atoms with van der Waals surface area (Å²) >= 11 is 3.44. The van der Waals surface area contributed by atoms with Crippen LogP contribution in [0.15, 0.2) is 77.5 Å². The molecule has 4 aromatic rings. The smallest absolute Gasteiger partial charge is 0.180 e. The number of hydrogen-bond acceptors (Lipinski definition) is 3. The molecule has 5 heteroatoms. The molecule has 0 bridgehead atoms. The van der Waals surface area contributed by atoms with Crippen molar-refractivity contribution in [3.8, 4) is 17.0 Å². The van der Waals surface area contributed by atoms with E-state index < -0.39 is 0 Å². The van der Waals surface area contributed by atoms with E-state index in [9.17, 15) is 0 Å². The molecule has 124 valence electrons. The maximum atomic E-state index is 5.99. The molecule has 4 nitrogen and oxygen atoms in total. The van der Waals surface area contributed by atoms with Crippen molar-refractivity contribution < 1.29 is 4.74 Å². The summed E-state index contributed by atoms with van der Waals surface area (Å²) < 4.78 is 9.03. The van der Waals surface area contributed by atoms with Gasteiger partial charge in [0.05, 0.1) is 5.69 Å². The number of nitrogen functional groups attached to an aromatic ring is 1. The molecule has 0 aliphatic carbocycles. The minimum Gasteiger partial charge on any atom is -0.485 e. The Morgan fingerprint density at radius 3 is 2.52 bits per heavy atom. The standard InChI is InChI=1S/C20H16BrN3O/c21-16-7-3-14(4-8-16)13-25-19-2-1-11-24-12-18(23-20(19)24)15-5-9-17(22)10-6-15/h1-12H,13,22H2. The molecular weight excluding hydrogens is 378 g/mol. The summed E-state index contributed by atoms with van der Waals surface area (Å²) in [7, 11) is 0. The quantitative estimate of drug-likeness (QED) is 0.500. The van der Waals surface area contributed by atoms with Crippen LogP contribution in [0.5, 0.6) is 5.75 Å². The van der Waals surface area contributed by atoms with Crippen molar-refractivity contribution in [3.05, 3.63) is 83.1 Å². The first-order valence-electron chi connectivity index (χ1n) is 7.90. The maximum Gasteiger partial charge on any atom is 0.180 e. The lowest BCUT2D eigenvalue weighted by Gasteiger charge is -2.07. The van der Waals surface area contributed by atoms with E-state index in [0.29, 0.717) is 6.61 Å². The van der Waals surface area contributed by atoms with Gasteiger partial charge in [-0.2, -0.15) is 0 Å². The highest BCUT2D eigenvalue weighted by atomic mass is 79.9. The van der Waals surface area contributed by atoms with Crippen molar-refractivity contribution in [2.24, 2.45) is 0 Å². The summed E-state index contributed by atoms with van der Waals surface area (Å²) in [6.45, 7) is 0.497. The average molecular weight is 394 g/mol. The second-order valence-corrected chi connectivity index (χ2v) is 6.68. The molecule has 0 spiro atoms. The van der Waals surface area contributed by atoms with Gasteiger partial charge in [-0.25, -0.2) is 4.98 Å². The molecule has 0 unspecified atom stereocenters. The normalized spacial score (nSPS) is 10.9. The molecule has 0 atom stereocenters. The zero-order valence-electron chi connectivity index (χ0n) is 13.4. The van der Waals surface area contributed by atoms with E-state index in [1.165, 1.54) is 0 Å². The lowest BCUT2D eigenvalue weighted by molar-refractivity contribution is 0.308. The van der Waals surface area contributed by atoms with Crippen molar-refractivity contribution in [1.29, 1.82) is 0 Å². The van der Waals surface area contributed by atoms with Crippen LogP contribution >= 0.6 is 15.9 Å². The molecule has 0 saturated carbocycles. The van der Waals surface area contributed by atoms with Crippen LogP contribution in [-0.2, 0) is 6.61 Å². The van der Waals surface area contributed by atoms with Gasteiger partial charge in [-0.05, 0) is 42.0 Å². The van der Waals surface area contributed by atoms with E-state index >= 15 is 0 Å². The first kappa shape index (κ1) is 15.7. The van der Waals surface area contributed by atoms with Gasteiger partial charge in [0.25, 0.3) is 0 Å². The Morgan fingerprint density at radius 2 is 1.76 bits per heavy atom. The minimum atomic E-state index is 0.497. The number of benzene rings is 2. The van der Waals surface area contributed by atoms with Crippen LogP contribution in [0.3, 0.4) is 0 Å². The number of hydrogen-bond donors (Lipinski definition) is 1. The summed E-state index contributed by atoms with van der Waals surface area (Å²) in [5.74, 6) is 0.757. The minimum absolute atomic E-state index is 0.497. The molecule has 2 N–H and O–H groups in total. The van der Waals surface area contributed by atoms with E-state index in [1.54, 1.807) is 0 Å². The summed E-state index contributed by atoms with van der Waals surface area (Å²) in [6.07, 6.45) is 3.96. The van der Waals surface area contributed by atoms with Crippen molar-refractivity contribution in [2.75, 3.05) is 5.73 Å². The van der Waals surface area contributed by atoms with Crippen molar-refractivity contribution >= 4 is 27.3 Å². The Hall–Kier alpha value is -2.79. The topological polar surface area (TPSA) is 52.5 Å². The molecule has 0 radical (unpaired) electrons. The number of pyridine rings is 1. The van der Waals surface area contributed by atoms with Crippen LogP contribution in [0.25, 0.3) is 16.9 Å². The second kappa shape index (κ2) is 6.61. The molecule has 0 aliphatic heterocycles. The Balaban J connectivity index is 1.63. The summed E-state index contributed by atoms with van der Waals surface area (Å²) in [6, 6.07) is 19.7.